The molecule has 1 heterocycles. The van der Waals surface area contributed by atoms with Crippen molar-refractivity contribution in [2.24, 2.45) is 10.9 Å². The van der Waals surface area contributed by atoms with Gasteiger partial charge < -0.3 is 0 Å². The number of aryl methyl sites for hydroxylation is 1. The van der Waals surface area contributed by atoms with Crippen molar-refractivity contribution in [1.29, 1.82) is 0 Å². The maximum Gasteiger partial charge on any atom is 0.0650 e. The van der Waals surface area contributed by atoms with Crippen LogP contribution in [0.2, 0.25) is 0 Å². The minimum absolute atomic E-state index is 0.652. The first-order valence-electron chi connectivity index (χ1n) is 12.2. The molecule has 1 aliphatic rings. The van der Waals surface area contributed by atoms with Crippen LogP contribution >= 0.6 is 0 Å². The highest BCUT2D eigenvalue weighted by Crippen LogP contribution is 2.28. The molecule has 1 aliphatic heterocycles. The van der Waals surface area contributed by atoms with Gasteiger partial charge in [0, 0.05) is 0 Å². The Morgan fingerprint density at radius 3 is 2.10 bits per heavy atom. The zero-order chi connectivity index (χ0) is 24.2. The standard InChI is InChI=1S/C23H31N.C3H6.2C2H6/c1-6-8-20(10-7-9-19(5)17(2)3)22-15-23(24-16-22)21-13-11-18(4)12-14-21;1-3-2;2*1-2/h11-15,20H,2,5-10,16H2,1,3-4H3;3H,1H2,2H3;2*1-2H3. The van der Waals surface area contributed by atoms with Gasteiger partial charge in [0.1, 0.15) is 0 Å². The Hall–Kier alpha value is -2.15. The van der Waals surface area contributed by atoms with E-state index in [2.05, 4.69) is 63.9 Å². The minimum atomic E-state index is 0.652. The Labute approximate surface area is 194 Å². The fourth-order valence-electron chi connectivity index (χ4n) is 3.23. The van der Waals surface area contributed by atoms with Gasteiger partial charge in [-0.2, -0.15) is 0 Å². The van der Waals surface area contributed by atoms with Crippen LogP contribution in [0, 0.1) is 12.8 Å². The van der Waals surface area contributed by atoms with Crippen LogP contribution in [0.5, 0.6) is 0 Å². The second kappa shape index (κ2) is 19.8. The molecule has 0 saturated carbocycles. The number of nitrogens with zero attached hydrogens (tertiary/aromatic N) is 1. The number of hydrogen-bond donors (Lipinski definition) is 0. The Bertz CT molecular complexity index is 686. The third-order valence-electron chi connectivity index (χ3n) is 4.90. The molecule has 0 aromatic heterocycles. The predicted octanol–water partition coefficient (Wildman–Crippen LogP) is 9.69. The topological polar surface area (TPSA) is 12.4 Å². The van der Waals surface area contributed by atoms with Crippen molar-refractivity contribution in [3.05, 3.63) is 84.0 Å². The van der Waals surface area contributed by atoms with Crippen molar-refractivity contribution in [3.8, 4) is 0 Å². The fourth-order valence-corrected chi connectivity index (χ4v) is 3.23. The lowest BCUT2D eigenvalue weighted by molar-refractivity contribution is 0.489. The normalized spacial score (nSPS) is 12.4. The van der Waals surface area contributed by atoms with Gasteiger partial charge in [-0.3, -0.25) is 4.99 Å². The Balaban J connectivity index is 0. The molecular weight excluding hydrogens is 374 g/mol. The molecule has 1 nitrogen and oxygen atoms in total. The van der Waals surface area contributed by atoms with Gasteiger partial charge in [0.15, 0.2) is 0 Å². The molecule has 0 spiro atoms. The molecule has 1 atom stereocenters. The summed E-state index contributed by atoms with van der Waals surface area (Å²) >= 11 is 0. The molecule has 0 saturated heterocycles. The average Bonchev–Trinajstić information content (AvgIpc) is 3.27. The van der Waals surface area contributed by atoms with E-state index in [-0.39, 0.29) is 0 Å². The predicted molar refractivity (Wildman–Crippen MR) is 145 cm³/mol. The monoisotopic (exact) mass is 423 g/mol. The van der Waals surface area contributed by atoms with Crippen molar-refractivity contribution < 1.29 is 0 Å². The van der Waals surface area contributed by atoms with E-state index in [0.29, 0.717) is 5.92 Å². The fraction of sp³-hybridized carbons (Fsp3) is 0.500. The molecule has 0 fully saturated rings. The number of aliphatic imine (C=N–C) groups is 1. The third kappa shape index (κ3) is 13.0. The van der Waals surface area contributed by atoms with Gasteiger partial charge in [0.2, 0.25) is 0 Å². The second-order valence-corrected chi connectivity index (χ2v) is 7.46. The number of rotatable bonds is 9. The quantitative estimate of drug-likeness (QED) is 0.277. The zero-order valence-electron chi connectivity index (χ0n) is 21.9. The van der Waals surface area contributed by atoms with Gasteiger partial charge in [-0.1, -0.05) is 101 Å². The summed E-state index contributed by atoms with van der Waals surface area (Å²) in [5.41, 5.74) is 7.50. The van der Waals surface area contributed by atoms with E-state index in [4.69, 9.17) is 4.99 Å². The number of benzene rings is 1. The molecule has 0 N–H and O–H groups in total. The van der Waals surface area contributed by atoms with E-state index in [0.717, 1.165) is 24.3 Å². The van der Waals surface area contributed by atoms with Gasteiger partial charge in [-0.15, -0.1) is 6.58 Å². The lowest BCUT2D eigenvalue weighted by Crippen LogP contribution is -2.06. The molecule has 2 rings (SSSR count). The number of hydrogen-bond acceptors (Lipinski definition) is 1. The molecule has 0 bridgehead atoms. The van der Waals surface area contributed by atoms with Gasteiger partial charge in [-0.05, 0) is 69.6 Å². The molecule has 0 aliphatic carbocycles. The van der Waals surface area contributed by atoms with Crippen LogP contribution in [0.25, 0.3) is 0 Å². The van der Waals surface area contributed by atoms with Crippen LogP contribution in [0.15, 0.2) is 77.9 Å². The summed E-state index contributed by atoms with van der Waals surface area (Å²) in [4.78, 5) is 4.78. The molecular formula is C30H49N. The third-order valence-corrected chi connectivity index (χ3v) is 4.90. The molecule has 0 amide bonds. The van der Waals surface area contributed by atoms with Crippen LogP contribution in [0.3, 0.4) is 0 Å². The zero-order valence-corrected chi connectivity index (χ0v) is 21.9. The Morgan fingerprint density at radius 1 is 1.06 bits per heavy atom. The molecule has 1 unspecified atom stereocenters. The first kappa shape index (κ1) is 31.0. The average molecular weight is 424 g/mol. The lowest BCUT2D eigenvalue weighted by atomic mass is 9.88. The molecule has 1 aromatic rings. The smallest absolute Gasteiger partial charge is 0.0650 e. The minimum Gasteiger partial charge on any atom is -0.280 e. The van der Waals surface area contributed by atoms with Gasteiger partial charge >= 0.3 is 0 Å². The highest BCUT2D eigenvalue weighted by molar-refractivity contribution is 6.10. The van der Waals surface area contributed by atoms with Gasteiger partial charge in [-0.25, -0.2) is 0 Å². The van der Waals surface area contributed by atoms with Gasteiger partial charge in [0.25, 0.3) is 0 Å². The van der Waals surface area contributed by atoms with Crippen LogP contribution in [-0.2, 0) is 0 Å². The molecule has 174 valence electrons. The summed E-state index contributed by atoms with van der Waals surface area (Å²) in [6.45, 7) is 28.7. The van der Waals surface area contributed by atoms with Gasteiger partial charge in [0.05, 0.1) is 12.3 Å². The maximum absolute atomic E-state index is 4.78. The summed E-state index contributed by atoms with van der Waals surface area (Å²) in [6, 6.07) is 8.69. The van der Waals surface area contributed by atoms with Crippen LogP contribution in [0.4, 0.5) is 0 Å². The van der Waals surface area contributed by atoms with Crippen LogP contribution < -0.4 is 0 Å². The van der Waals surface area contributed by atoms with Crippen molar-refractivity contribution in [2.45, 2.75) is 87.5 Å². The SMILES string of the molecule is C=C(C)C(=C)CCCC(CCC)C1=CC(c2ccc(C)cc2)=NC1.C=CC.CC.CC. The molecule has 0 radical (unpaired) electrons. The highest BCUT2D eigenvalue weighted by atomic mass is 14.8. The Morgan fingerprint density at radius 2 is 1.61 bits per heavy atom. The Kier molecular flexibility index (Phi) is 19.8. The maximum atomic E-state index is 4.78. The van der Waals surface area contributed by atoms with E-state index in [1.165, 1.54) is 48.0 Å². The van der Waals surface area contributed by atoms with Crippen LogP contribution in [0.1, 0.15) is 91.7 Å². The first-order chi connectivity index (χ1) is 14.9. The second-order valence-electron chi connectivity index (χ2n) is 7.46. The molecule has 1 aromatic carbocycles. The van der Waals surface area contributed by atoms with Crippen LogP contribution in [-0.4, -0.2) is 12.3 Å². The summed E-state index contributed by atoms with van der Waals surface area (Å²) in [5.74, 6) is 0.652. The largest absolute Gasteiger partial charge is 0.280 e. The van der Waals surface area contributed by atoms with Crippen molar-refractivity contribution in [3.63, 3.8) is 0 Å². The van der Waals surface area contributed by atoms with E-state index >= 15 is 0 Å². The summed E-state index contributed by atoms with van der Waals surface area (Å²) in [7, 11) is 0. The highest BCUT2D eigenvalue weighted by Gasteiger charge is 2.18. The van der Waals surface area contributed by atoms with E-state index < -0.39 is 0 Å². The van der Waals surface area contributed by atoms with E-state index in [1.54, 1.807) is 6.08 Å². The van der Waals surface area contributed by atoms with E-state index in [9.17, 15) is 0 Å². The first-order valence-corrected chi connectivity index (χ1v) is 12.2. The summed E-state index contributed by atoms with van der Waals surface area (Å²) in [6.07, 6.45) is 10.0. The summed E-state index contributed by atoms with van der Waals surface area (Å²) < 4.78 is 0. The van der Waals surface area contributed by atoms with Crippen molar-refractivity contribution >= 4 is 5.71 Å². The molecule has 1 heteroatoms. The lowest BCUT2D eigenvalue weighted by Gasteiger charge is -2.17. The molecule has 31 heavy (non-hydrogen) atoms. The van der Waals surface area contributed by atoms with E-state index in [1.807, 2.05) is 41.5 Å². The number of allylic oxidation sites excluding steroid dienone is 4. The van der Waals surface area contributed by atoms with Crippen molar-refractivity contribution in [2.75, 3.05) is 6.54 Å². The van der Waals surface area contributed by atoms with Crippen molar-refractivity contribution in [1.82, 2.24) is 0 Å². The summed E-state index contributed by atoms with van der Waals surface area (Å²) in [5, 5.41) is 0.